The summed E-state index contributed by atoms with van der Waals surface area (Å²) in [5, 5.41) is 3.55. The van der Waals surface area contributed by atoms with Crippen LogP contribution in [-0.2, 0) is 13.1 Å². The van der Waals surface area contributed by atoms with Crippen LogP contribution in [0.2, 0.25) is 0 Å². The molecule has 1 saturated heterocycles. The van der Waals surface area contributed by atoms with Crippen LogP contribution in [0.25, 0.3) is 0 Å². The Kier molecular flexibility index (Phi) is 3.63. The minimum atomic E-state index is 0.391. The third-order valence-electron chi connectivity index (χ3n) is 4.86. The van der Waals surface area contributed by atoms with Gasteiger partial charge in [0.05, 0.1) is 6.54 Å². The molecule has 1 unspecified atom stereocenters. The number of hydrogen-bond donors (Lipinski definition) is 1. The molecular weight excluding hydrogens is 236 g/mol. The van der Waals surface area contributed by atoms with E-state index >= 15 is 0 Å². The molecule has 0 spiro atoms. The highest BCUT2D eigenvalue weighted by Gasteiger charge is 2.33. The van der Waals surface area contributed by atoms with Crippen LogP contribution < -0.4 is 5.32 Å². The number of imidazole rings is 1. The van der Waals surface area contributed by atoms with Crippen molar-refractivity contribution in [2.45, 2.75) is 39.8 Å². The molecule has 4 nitrogen and oxygen atoms in total. The van der Waals surface area contributed by atoms with Crippen molar-refractivity contribution in [3.05, 3.63) is 18.2 Å². The Balaban J connectivity index is 1.61. The molecule has 1 atom stereocenters. The van der Waals surface area contributed by atoms with Crippen LogP contribution in [-0.4, -0.2) is 40.6 Å². The van der Waals surface area contributed by atoms with Crippen LogP contribution in [0, 0.1) is 11.3 Å². The smallest absolute Gasteiger partial charge is 0.122 e. The number of aromatic nitrogens is 2. The Morgan fingerprint density at radius 1 is 1.42 bits per heavy atom. The van der Waals surface area contributed by atoms with Gasteiger partial charge < -0.3 is 9.88 Å². The van der Waals surface area contributed by atoms with E-state index in [0.29, 0.717) is 5.41 Å². The first-order chi connectivity index (χ1) is 9.15. The monoisotopic (exact) mass is 262 g/mol. The fraction of sp³-hybridized carbons (Fsp3) is 0.800. The van der Waals surface area contributed by atoms with Crippen LogP contribution in [0.5, 0.6) is 0 Å². The van der Waals surface area contributed by atoms with Gasteiger partial charge in [0.25, 0.3) is 0 Å². The van der Waals surface area contributed by atoms with Crippen LogP contribution in [0.3, 0.4) is 0 Å². The zero-order valence-corrected chi connectivity index (χ0v) is 12.2. The maximum Gasteiger partial charge on any atom is 0.122 e. The van der Waals surface area contributed by atoms with E-state index in [4.69, 9.17) is 0 Å². The molecular formula is C15H26N4. The number of fused-ring (bicyclic) bond motifs is 1. The zero-order valence-electron chi connectivity index (χ0n) is 12.2. The molecule has 1 fully saturated rings. The summed E-state index contributed by atoms with van der Waals surface area (Å²) >= 11 is 0. The number of nitrogens with zero attached hydrogens (tertiary/aromatic N) is 3. The van der Waals surface area contributed by atoms with E-state index in [9.17, 15) is 0 Å². The number of piperidine rings is 1. The maximum atomic E-state index is 4.46. The predicted molar refractivity (Wildman–Crippen MR) is 76.9 cm³/mol. The fourth-order valence-corrected chi connectivity index (χ4v) is 3.58. The summed E-state index contributed by atoms with van der Waals surface area (Å²) < 4.78 is 2.28. The lowest BCUT2D eigenvalue weighted by atomic mass is 9.74. The topological polar surface area (TPSA) is 33.1 Å². The molecule has 0 saturated carbocycles. The van der Waals surface area contributed by atoms with Gasteiger partial charge in [-0.05, 0) is 37.3 Å². The van der Waals surface area contributed by atoms with Gasteiger partial charge in [-0.2, -0.15) is 0 Å². The molecule has 0 aromatic carbocycles. The first kappa shape index (κ1) is 13.1. The average Bonchev–Trinajstić information content (AvgIpc) is 2.87. The first-order valence-electron chi connectivity index (χ1n) is 7.58. The molecule has 0 radical (unpaired) electrons. The molecule has 106 valence electrons. The van der Waals surface area contributed by atoms with Crippen molar-refractivity contribution in [3.63, 3.8) is 0 Å². The molecule has 19 heavy (non-hydrogen) atoms. The van der Waals surface area contributed by atoms with Gasteiger partial charge in [0.1, 0.15) is 5.82 Å². The predicted octanol–water partition coefficient (Wildman–Crippen LogP) is 1.72. The summed E-state index contributed by atoms with van der Waals surface area (Å²) in [5.74, 6) is 2.03. The first-order valence-corrected chi connectivity index (χ1v) is 7.58. The van der Waals surface area contributed by atoms with Crippen molar-refractivity contribution in [1.82, 2.24) is 19.8 Å². The molecule has 4 heteroatoms. The lowest BCUT2D eigenvalue weighted by Gasteiger charge is -2.41. The molecule has 1 N–H and O–H groups in total. The zero-order chi connectivity index (χ0) is 13.3. The summed E-state index contributed by atoms with van der Waals surface area (Å²) in [6, 6.07) is 0. The standard InChI is InChI=1S/C15H26N4/c1-15(2,13-4-3-5-16-10-13)12-18-8-9-19-7-6-17-14(19)11-18/h6-7,13,16H,3-5,8-12H2,1-2H3. The van der Waals surface area contributed by atoms with Crippen molar-refractivity contribution in [3.8, 4) is 0 Å². The Morgan fingerprint density at radius 2 is 2.32 bits per heavy atom. The number of hydrogen-bond acceptors (Lipinski definition) is 3. The van der Waals surface area contributed by atoms with E-state index in [1.165, 1.54) is 38.3 Å². The highest BCUT2D eigenvalue weighted by atomic mass is 15.2. The molecule has 3 rings (SSSR count). The minimum Gasteiger partial charge on any atom is -0.333 e. The quantitative estimate of drug-likeness (QED) is 0.900. The summed E-state index contributed by atoms with van der Waals surface area (Å²) in [5.41, 5.74) is 0.391. The van der Waals surface area contributed by atoms with E-state index < -0.39 is 0 Å². The number of nitrogens with one attached hydrogen (secondary N) is 1. The van der Waals surface area contributed by atoms with Crippen molar-refractivity contribution in [2.75, 3.05) is 26.2 Å². The van der Waals surface area contributed by atoms with Gasteiger partial charge >= 0.3 is 0 Å². The van der Waals surface area contributed by atoms with Gasteiger partial charge in [0, 0.05) is 32.0 Å². The Hall–Kier alpha value is -0.870. The third-order valence-corrected chi connectivity index (χ3v) is 4.86. The van der Waals surface area contributed by atoms with Crippen molar-refractivity contribution >= 4 is 0 Å². The van der Waals surface area contributed by atoms with Crippen molar-refractivity contribution < 1.29 is 0 Å². The van der Waals surface area contributed by atoms with E-state index in [2.05, 4.69) is 39.8 Å². The van der Waals surface area contributed by atoms with Crippen LogP contribution >= 0.6 is 0 Å². The molecule has 1 aromatic heterocycles. The summed E-state index contributed by atoms with van der Waals surface area (Å²) in [7, 11) is 0. The van der Waals surface area contributed by atoms with Gasteiger partial charge in [-0.1, -0.05) is 13.8 Å². The lowest BCUT2D eigenvalue weighted by molar-refractivity contribution is 0.0835. The average molecular weight is 262 g/mol. The maximum absolute atomic E-state index is 4.46. The van der Waals surface area contributed by atoms with Crippen molar-refractivity contribution in [1.29, 1.82) is 0 Å². The van der Waals surface area contributed by atoms with Crippen LogP contribution in [0.1, 0.15) is 32.5 Å². The molecule has 0 aliphatic carbocycles. The third kappa shape index (κ3) is 2.84. The van der Waals surface area contributed by atoms with Gasteiger partial charge in [0.15, 0.2) is 0 Å². The molecule has 2 aliphatic heterocycles. The normalized spacial score (nSPS) is 25.3. The molecule has 3 heterocycles. The molecule has 0 amide bonds. The van der Waals surface area contributed by atoms with E-state index in [1.54, 1.807) is 0 Å². The largest absolute Gasteiger partial charge is 0.333 e. The SMILES string of the molecule is CC(C)(CN1CCn2ccnc2C1)C1CCCNC1. The Bertz CT molecular complexity index is 418. The molecule has 1 aromatic rings. The summed E-state index contributed by atoms with van der Waals surface area (Å²) in [4.78, 5) is 7.04. The second kappa shape index (κ2) is 5.25. The van der Waals surface area contributed by atoms with E-state index in [-0.39, 0.29) is 0 Å². The molecule has 2 aliphatic rings. The van der Waals surface area contributed by atoms with Crippen molar-refractivity contribution in [2.24, 2.45) is 11.3 Å². The Morgan fingerprint density at radius 3 is 3.11 bits per heavy atom. The molecule has 0 bridgehead atoms. The summed E-state index contributed by atoms with van der Waals surface area (Å²) in [6.45, 7) is 11.7. The number of rotatable bonds is 3. The van der Waals surface area contributed by atoms with E-state index in [0.717, 1.165) is 25.6 Å². The van der Waals surface area contributed by atoms with Gasteiger partial charge in [-0.25, -0.2) is 4.98 Å². The summed E-state index contributed by atoms with van der Waals surface area (Å²) in [6.07, 6.45) is 6.73. The highest BCUT2D eigenvalue weighted by molar-refractivity contribution is 4.96. The highest BCUT2D eigenvalue weighted by Crippen LogP contribution is 2.33. The second-order valence-corrected chi connectivity index (χ2v) is 6.78. The minimum absolute atomic E-state index is 0.391. The fourth-order valence-electron chi connectivity index (χ4n) is 3.58. The Labute approximate surface area is 116 Å². The van der Waals surface area contributed by atoms with Gasteiger partial charge in [-0.3, -0.25) is 4.90 Å². The van der Waals surface area contributed by atoms with Crippen LogP contribution in [0.4, 0.5) is 0 Å². The van der Waals surface area contributed by atoms with Crippen LogP contribution in [0.15, 0.2) is 12.4 Å². The van der Waals surface area contributed by atoms with Gasteiger partial charge in [-0.15, -0.1) is 0 Å². The second-order valence-electron chi connectivity index (χ2n) is 6.78. The van der Waals surface area contributed by atoms with Gasteiger partial charge in [0.2, 0.25) is 0 Å². The lowest BCUT2D eigenvalue weighted by Crippen LogP contribution is -2.46. The van der Waals surface area contributed by atoms with E-state index in [1.807, 2.05) is 6.20 Å².